The van der Waals surface area contributed by atoms with Crippen LogP contribution in [0.2, 0.25) is 0 Å². The predicted molar refractivity (Wildman–Crippen MR) is 87.5 cm³/mol. The molecule has 0 spiro atoms. The van der Waals surface area contributed by atoms with Gasteiger partial charge in [0, 0.05) is 19.6 Å². The molecule has 0 radical (unpaired) electrons. The van der Waals surface area contributed by atoms with Gasteiger partial charge < -0.3 is 10.2 Å². The lowest BCUT2D eigenvalue weighted by atomic mass is 9.85. The summed E-state index contributed by atoms with van der Waals surface area (Å²) < 4.78 is 0. The molecule has 1 fully saturated rings. The maximum Gasteiger partial charge on any atom is 0.0107 e. The van der Waals surface area contributed by atoms with E-state index in [9.17, 15) is 0 Å². The Balaban J connectivity index is 2.01. The Labute approximate surface area is 124 Å². The smallest absolute Gasteiger partial charge is 0.0107 e. The van der Waals surface area contributed by atoms with Gasteiger partial charge in [-0.15, -0.1) is 0 Å². The lowest BCUT2D eigenvalue weighted by molar-refractivity contribution is 0.296. The third-order valence-corrected chi connectivity index (χ3v) is 4.35. The van der Waals surface area contributed by atoms with Gasteiger partial charge in [0.1, 0.15) is 0 Å². The standard InChI is InChI=1S/C18H30N2/c1-15-6-7-17(18(2,3)4)14-16(15)8-12-20-11-5-9-19-10-13-20/h6-7,14,19H,5,8-13H2,1-4H3. The summed E-state index contributed by atoms with van der Waals surface area (Å²) in [6, 6.07) is 7.00. The van der Waals surface area contributed by atoms with E-state index in [-0.39, 0.29) is 5.41 Å². The molecule has 1 heterocycles. The largest absolute Gasteiger partial charge is 0.315 e. The van der Waals surface area contributed by atoms with Crippen LogP contribution < -0.4 is 5.32 Å². The summed E-state index contributed by atoms with van der Waals surface area (Å²) in [5.74, 6) is 0. The average molecular weight is 274 g/mol. The predicted octanol–water partition coefficient (Wildman–Crippen LogP) is 3.13. The fourth-order valence-corrected chi connectivity index (χ4v) is 2.81. The van der Waals surface area contributed by atoms with Crippen LogP contribution in [0.4, 0.5) is 0 Å². The lowest BCUT2D eigenvalue weighted by Gasteiger charge is -2.23. The molecule has 0 atom stereocenters. The third-order valence-electron chi connectivity index (χ3n) is 4.35. The van der Waals surface area contributed by atoms with Crippen molar-refractivity contribution in [2.75, 3.05) is 32.7 Å². The van der Waals surface area contributed by atoms with Gasteiger partial charge in [0.25, 0.3) is 0 Å². The monoisotopic (exact) mass is 274 g/mol. The van der Waals surface area contributed by atoms with Gasteiger partial charge in [-0.2, -0.15) is 0 Å². The molecule has 20 heavy (non-hydrogen) atoms. The van der Waals surface area contributed by atoms with Crippen molar-refractivity contribution in [3.05, 3.63) is 34.9 Å². The summed E-state index contributed by atoms with van der Waals surface area (Å²) in [7, 11) is 0. The minimum atomic E-state index is 0.245. The molecule has 1 aliphatic rings. The van der Waals surface area contributed by atoms with Crippen molar-refractivity contribution < 1.29 is 0 Å². The van der Waals surface area contributed by atoms with Gasteiger partial charge in [0.2, 0.25) is 0 Å². The molecule has 2 rings (SSSR count). The molecule has 0 saturated carbocycles. The number of benzene rings is 1. The van der Waals surface area contributed by atoms with E-state index in [0.29, 0.717) is 0 Å². The van der Waals surface area contributed by atoms with E-state index in [1.165, 1.54) is 55.7 Å². The molecule has 2 nitrogen and oxygen atoms in total. The summed E-state index contributed by atoms with van der Waals surface area (Å²) in [5.41, 5.74) is 4.66. The van der Waals surface area contributed by atoms with Crippen molar-refractivity contribution in [3.63, 3.8) is 0 Å². The van der Waals surface area contributed by atoms with Gasteiger partial charge in [-0.25, -0.2) is 0 Å². The first-order valence-corrected chi connectivity index (χ1v) is 8.00. The first-order valence-electron chi connectivity index (χ1n) is 8.00. The van der Waals surface area contributed by atoms with Gasteiger partial charge in [0.05, 0.1) is 0 Å². The molecule has 1 aromatic rings. The zero-order valence-electron chi connectivity index (χ0n) is 13.6. The summed E-state index contributed by atoms with van der Waals surface area (Å²) in [5, 5.41) is 3.47. The highest BCUT2D eigenvalue weighted by Gasteiger charge is 2.15. The molecule has 0 bridgehead atoms. The van der Waals surface area contributed by atoms with Crippen LogP contribution in [0.15, 0.2) is 18.2 Å². The molecule has 0 aliphatic carbocycles. The van der Waals surface area contributed by atoms with E-state index in [1.807, 2.05) is 0 Å². The Kier molecular flexibility index (Phi) is 5.22. The van der Waals surface area contributed by atoms with Gasteiger partial charge in [-0.05, 0) is 55.0 Å². The van der Waals surface area contributed by atoms with E-state index < -0.39 is 0 Å². The highest BCUT2D eigenvalue weighted by Crippen LogP contribution is 2.24. The topological polar surface area (TPSA) is 15.3 Å². The number of hydrogen-bond acceptors (Lipinski definition) is 2. The van der Waals surface area contributed by atoms with E-state index in [1.54, 1.807) is 0 Å². The first-order chi connectivity index (χ1) is 9.47. The van der Waals surface area contributed by atoms with Crippen LogP contribution in [0.1, 0.15) is 43.9 Å². The third kappa shape index (κ3) is 4.32. The van der Waals surface area contributed by atoms with Crippen LogP contribution in [0.5, 0.6) is 0 Å². The van der Waals surface area contributed by atoms with Crippen molar-refractivity contribution in [2.45, 2.75) is 46.0 Å². The van der Waals surface area contributed by atoms with Crippen LogP contribution in [-0.4, -0.2) is 37.6 Å². The van der Waals surface area contributed by atoms with Crippen molar-refractivity contribution in [2.24, 2.45) is 0 Å². The summed E-state index contributed by atoms with van der Waals surface area (Å²) in [4.78, 5) is 2.60. The second kappa shape index (κ2) is 6.73. The van der Waals surface area contributed by atoms with Crippen molar-refractivity contribution in [3.8, 4) is 0 Å². The molecule has 0 unspecified atom stereocenters. The summed E-state index contributed by atoms with van der Waals surface area (Å²) in [6.07, 6.45) is 2.46. The second-order valence-electron chi connectivity index (χ2n) is 7.09. The Morgan fingerprint density at radius 3 is 2.70 bits per heavy atom. The zero-order valence-corrected chi connectivity index (χ0v) is 13.6. The fraction of sp³-hybridized carbons (Fsp3) is 0.667. The van der Waals surface area contributed by atoms with Crippen LogP contribution in [-0.2, 0) is 11.8 Å². The van der Waals surface area contributed by atoms with Crippen molar-refractivity contribution in [1.29, 1.82) is 0 Å². The highest BCUT2D eigenvalue weighted by molar-refractivity contribution is 5.34. The quantitative estimate of drug-likeness (QED) is 0.911. The van der Waals surface area contributed by atoms with Crippen LogP contribution in [0.25, 0.3) is 0 Å². The molecule has 0 amide bonds. The Morgan fingerprint density at radius 2 is 1.95 bits per heavy atom. The number of nitrogens with zero attached hydrogens (tertiary/aromatic N) is 1. The Morgan fingerprint density at radius 1 is 1.15 bits per heavy atom. The van der Waals surface area contributed by atoms with Crippen molar-refractivity contribution in [1.82, 2.24) is 10.2 Å². The number of aryl methyl sites for hydroxylation is 1. The van der Waals surface area contributed by atoms with Crippen LogP contribution in [0.3, 0.4) is 0 Å². The molecule has 1 aliphatic heterocycles. The molecule has 1 N–H and O–H groups in total. The van der Waals surface area contributed by atoms with Crippen LogP contribution >= 0.6 is 0 Å². The normalized spacial score (nSPS) is 18.0. The van der Waals surface area contributed by atoms with Gasteiger partial charge in [-0.1, -0.05) is 39.0 Å². The number of rotatable bonds is 3. The molecule has 1 aromatic carbocycles. The van der Waals surface area contributed by atoms with E-state index in [2.05, 4.69) is 56.1 Å². The number of hydrogen-bond donors (Lipinski definition) is 1. The Bertz CT molecular complexity index is 424. The lowest BCUT2D eigenvalue weighted by Crippen LogP contribution is -2.30. The summed E-state index contributed by atoms with van der Waals surface area (Å²) >= 11 is 0. The molecule has 0 aromatic heterocycles. The minimum Gasteiger partial charge on any atom is -0.315 e. The minimum absolute atomic E-state index is 0.245. The second-order valence-corrected chi connectivity index (χ2v) is 7.09. The fourth-order valence-electron chi connectivity index (χ4n) is 2.81. The molecule has 112 valence electrons. The number of nitrogens with one attached hydrogen (secondary N) is 1. The van der Waals surface area contributed by atoms with E-state index in [0.717, 1.165) is 6.54 Å². The van der Waals surface area contributed by atoms with Gasteiger partial charge >= 0.3 is 0 Å². The maximum atomic E-state index is 3.47. The zero-order chi connectivity index (χ0) is 14.6. The average Bonchev–Trinajstić information content (AvgIpc) is 2.65. The van der Waals surface area contributed by atoms with Gasteiger partial charge in [0.15, 0.2) is 0 Å². The Hall–Kier alpha value is -0.860. The van der Waals surface area contributed by atoms with E-state index >= 15 is 0 Å². The molecular formula is C18H30N2. The summed E-state index contributed by atoms with van der Waals surface area (Å²) in [6.45, 7) is 15.1. The highest BCUT2D eigenvalue weighted by atomic mass is 15.1. The first kappa shape index (κ1) is 15.5. The van der Waals surface area contributed by atoms with Gasteiger partial charge in [-0.3, -0.25) is 0 Å². The molecule has 2 heteroatoms. The molecular weight excluding hydrogens is 244 g/mol. The van der Waals surface area contributed by atoms with Crippen LogP contribution in [0, 0.1) is 6.92 Å². The van der Waals surface area contributed by atoms with E-state index in [4.69, 9.17) is 0 Å². The SMILES string of the molecule is Cc1ccc(C(C)(C)C)cc1CCN1CCCNCC1. The van der Waals surface area contributed by atoms with Crippen molar-refractivity contribution >= 4 is 0 Å². The maximum absolute atomic E-state index is 3.47. The molecule has 1 saturated heterocycles.